The number of hydrogen-bond acceptors (Lipinski definition) is 4. The van der Waals surface area contributed by atoms with Gasteiger partial charge in [0.2, 0.25) is 0 Å². The van der Waals surface area contributed by atoms with Crippen LogP contribution in [0.25, 0.3) is 0 Å². The number of nitrogens with zero attached hydrogens (tertiary/aromatic N) is 1. The van der Waals surface area contributed by atoms with Crippen LogP contribution in [-0.2, 0) is 14.3 Å². The summed E-state index contributed by atoms with van der Waals surface area (Å²) < 4.78 is 4.92. The summed E-state index contributed by atoms with van der Waals surface area (Å²) in [6, 6.07) is 0.233. The molecule has 0 saturated heterocycles. The van der Waals surface area contributed by atoms with Crippen molar-refractivity contribution < 1.29 is 14.3 Å². The molecule has 0 aromatic heterocycles. The molecule has 1 aliphatic heterocycles. The third-order valence-electron chi connectivity index (χ3n) is 3.68. The van der Waals surface area contributed by atoms with Crippen molar-refractivity contribution in [3.05, 3.63) is 11.3 Å². The van der Waals surface area contributed by atoms with Crippen LogP contribution in [0, 0.1) is 0 Å². The van der Waals surface area contributed by atoms with Crippen LogP contribution < -0.4 is 5.73 Å². The minimum Gasteiger partial charge on any atom is -0.463 e. The highest BCUT2D eigenvalue weighted by atomic mass is 16.5. The fraction of sp³-hybridized carbons (Fsp3) is 0.692. The minimum absolute atomic E-state index is 0.0685. The molecule has 0 atom stereocenters. The number of amides is 1. The monoisotopic (exact) mass is 252 g/mol. The number of carbonyl (C=O) groups is 2. The molecule has 1 amide bonds. The Kier molecular flexibility index (Phi) is 3.89. The minimum atomic E-state index is -0.457. The van der Waals surface area contributed by atoms with Crippen molar-refractivity contribution >= 4 is 11.9 Å². The zero-order valence-corrected chi connectivity index (χ0v) is 10.8. The highest BCUT2D eigenvalue weighted by molar-refractivity contribution is 6.06. The largest absolute Gasteiger partial charge is 0.463 e. The van der Waals surface area contributed by atoms with Gasteiger partial charge in [0, 0.05) is 6.04 Å². The van der Waals surface area contributed by atoms with Crippen LogP contribution in [0.15, 0.2) is 11.3 Å². The molecule has 0 bridgehead atoms. The van der Waals surface area contributed by atoms with Gasteiger partial charge in [-0.05, 0) is 19.8 Å². The fourth-order valence-electron chi connectivity index (χ4n) is 2.69. The normalized spacial score (nSPS) is 21.6. The number of nitrogens with two attached hydrogens (primary N) is 1. The maximum absolute atomic E-state index is 12.1. The van der Waals surface area contributed by atoms with E-state index in [1.54, 1.807) is 11.8 Å². The van der Waals surface area contributed by atoms with Crippen LogP contribution in [0.3, 0.4) is 0 Å². The molecule has 2 aliphatic rings. The van der Waals surface area contributed by atoms with Gasteiger partial charge in [-0.3, -0.25) is 4.79 Å². The number of ether oxygens (including phenoxy) is 1. The summed E-state index contributed by atoms with van der Waals surface area (Å²) in [5.74, 6) is -0.661. The Hall–Kier alpha value is -1.52. The van der Waals surface area contributed by atoms with Gasteiger partial charge >= 0.3 is 5.97 Å². The van der Waals surface area contributed by atoms with Gasteiger partial charge in [-0.1, -0.05) is 19.3 Å². The Morgan fingerprint density at radius 2 is 2.06 bits per heavy atom. The van der Waals surface area contributed by atoms with E-state index >= 15 is 0 Å². The van der Waals surface area contributed by atoms with E-state index in [1.165, 1.54) is 6.42 Å². The summed E-state index contributed by atoms with van der Waals surface area (Å²) in [6.45, 7) is 2.35. The van der Waals surface area contributed by atoms with Gasteiger partial charge in [0.15, 0.2) is 0 Å². The molecule has 1 saturated carbocycles. The number of esters is 1. The summed E-state index contributed by atoms with van der Waals surface area (Å²) >= 11 is 0. The van der Waals surface area contributed by atoms with Crippen molar-refractivity contribution in [2.45, 2.75) is 45.1 Å². The van der Waals surface area contributed by atoms with Crippen molar-refractivity contribution in [1.29, 1.82) is 0 Å². The van der Waals surface area contributed by atoms with E-state index in [1.807, 2.05) is 0 Å². The fourth-order valence-corrected chi connectivity index (χ4v) is 2.69. The third kappa shape index (κ3) is 2.35. The lowest BCUT2D eigenvalue weighted by Gasteiger charge is -2.31. The summed E-state index contributed by atoms with van der Waals surface area (Å²) in [4.78, 5) is 25.5. The van der Waals surface area contributed by atoms with Gasteiger partial charge in [0.25, 0.3) is 5.91 Å². The van der Waals surface area contributed by atoms with Crippen LogP contribution in [0.2, 0.25) is 0 Å². The average molecular weight is 252 g/mol. The molecule has 0 aromatic rings. The second-order valence-corrected chi connectivity index (χ2v) is 4.84. The zero-order chi connectivity index (χ0) is 13.1. The van der Waals surface area contributed by atoms with Gasteiger partial charge in [-0.15, -0.1) is 0 Å². The molecule has 100 valence electrons. The van der Waals surface area contributed by atoms with E-state index < -0.39 is 5.97 Å². The molecular formula is C13H20N2O3. The van der Waals surface area contributed by atoms with Crippen LogP contribution in [0.5, 0.6) is 0 Å². The molecular weight excluding hydrogens is 232 g/mol. The molecule has 1 heterocycles. The molecule has 0 spiro atoms. The molecule has 2 rings (SSSR count). The summed E-state index contributed by atoms with van der Waals surface area (Å²) in [5, 5.41) is 0. The van der Waals surface area contributed by atoms with E-state index in [-0.39, 0.29) is 17.6 Å². The summed E-state index contributed by atoms with van der Waals surface area (Å²) in [5.41, 5.74) is 6.13. The van der Waals surface area contributed by atoms with E-state index in [0.29, 0.717) is 18.7 Å². The Morgan fingerprint density at radius 3 is 2.67 bits per heavy atom. The van der Waals surface area contributed by atoms with E-state index in [2.05, 4.69) is 0 Å². The molecule has 18 heavy (non-hydrogen) atoms. The first-order chi connectivity index (χ1) is 8.65. The Labute approximate surface area is 107 Å². The van der Waals surface area contributed by atoms with Crippen LogP contribution in [-0.4, -0.2) is 36.0 Å². The van der Waals surface area contributed by atoms with Gasteiger partial charge in [-0.25, -0.2) is 4.79 Å². The smallest absolute Gasteiger partial charge is 0.338 e. The van der Waals surface area contributed by atoms with Gasteiger partial charge in [0.05, 0.1) is 18.7 Å². The van der Waals surface area contributed by atoms with Gasteiger partial charge in [-0.2, -0.15) is 0 Å². The molecule has 5 nitrogen and oxygen atoms in total. The molecule has 1 fully saturated rings. The van der Waals surface area contributed by atoms with Crippen LogP contribution in [0.1, 0.15) is 39.0 Å². The number of rotatable bonds is 3. The maximum Gasteiger partial charge on any atom is 0.338 e. The Balaban J connectivity index is 2.07. The van der Waals surface area contributed by atoms with Crippen molar-refractivity contribution in [2.24, 2.45) is 5.73 Å². The van der Waals surface area contributed by atoms with Gasteiger partial charge < -0.3 is 15.4 Å². The molecule has 2 N–H and O–H groups in total. The van der Waals surface area contributed by atoms with Gasteiger partial charge in [0.1, 0.15) is 5.70 Å². The second kappa shape index (κ2) is 5.42. The van der Waals surface area contributed by atoms with Crippen molar-refractivity contribution in [3.63, 3.8) is 0 Å². The zero-order valence-electron chi connectivity index (χ0n) is 10.8. The van der Waals surface area contributed by atoms with Crippen LogP contribution in [0.4, 0.5) is 0 Å². The molecule has 0 aromatic carbocycles. The topological polar surface area (TPSA) is 72.6 Å². The Bertz CT molecular complexity index is 384. The first kappa shape index (κ1) is 12.9. The maximum atomic E-state index is 12.1. The third-order valence-corrected chi connectivity index (χ3v) is 3.68. The SMILES string of the molecule is CCOC(=O)C1=C(N)C(=O)N(C2CCCCC2)C1. The van der Waals surface area contributed by atoms with E-state index in [9.17, 15) is 9.59 Å². The van der Waals surface area contributed by atoms with E-state index in [4.69, 9.17) is 10.5 Å². The molecule has 0 radical (unpaired) electrons. The first-order valence-electron chi connectivity index (χ1n) is 6.61. The van der Waals surface area contributed by atoms with Crippen molar-refractivity contribution in [2.75, 3.05) is 13.2 Å². The molecule has 5 heteroatoms. The summed E-state index contributed by atoms with van der Waals surface area (Å²) in [7, 11) is 0. The second-order valence-electron chi connectivity index (χ2n) is 4.84. The Morgan fingerprint density at radius 1 is 1.39 bits per heavy atom. The average Bonchev–Trinajstić information content (AvgIpc) is 2.68. The van der Waals surface area contributed by atoms with Crippen LogP contribution >= 0.6 is 0 Å². The lowest BCUT2D eigenvalue weighted by molar-refractivity contribution is -0.138. The summed E-state index contributed by atoms with van der Waals surface area (Å²) in [6.07, 6.45) is 5.53. The number of hydrogen-bond donors (Lipinski definition) is 1. The molecule has 0 unspecified atom stereocenters. The predicted octanol–water partition coefficient (Wildman–Crippen LogP) is 0.937. The van der Waals surface area contributed by atoms with Crippen molar-refractivity contribution in [1.82, 2.24) is 4.90 Å². The number of carbonyl (C=O) groups excluding carboxylic acids is 2. The lowest BCUT2D eigenvalue weighted by atomic mass is 9.94. The molecule has 1 aliphatic carbocycles. The standard InChI is InChI=1S/C13H20N2O3/c1-2-18-13(17)10-8-15(12(16)11(10)14)9-6-4-3-5-7-9/h9H,2-8,14H2,1H3. The highest BCUT2D eigenvalue weighted by Crippen LogP contribution is 2.27. The highest BCUT2D eigenvalue weighted by Gasteiger charge is 2.37. The van der Waals surface area contributed by atoms with Crippen molar-refractivity contribution in [3.8, 4) is 0 Å². The first-order valence-corrected chi connectivity index (χ1v) is 6.61. The predicted molar refractivity (Wildman–Crippen MR) is 66.4 cm³/mol. The lowest BCUT2D eigenvalue weighted by Crippen LogP contribution is -2.40. The van der Waals surface area contributed by atoms with E-state index in [0.717, 1.165) is 25.7 Å². The quantitative estimate of drug-likeness (QED) is 0.759.